The number of hydrogen-bond acceptors (Lipinski definition) is 4. The average Bonchev–Trinajstić information content (AvgIpc) is 2.80. The molecule has 1 heterocycles. The van der Waals surface area contributed by atoms with Gasteiger partial charge in [0.05, 0.1) is 22.5 Å². The molecule has 1 aromatic heterocycles. The van der Waals surface area contributed by atoms with Gasteiger partial charge < -0.3 is 5.32 Å². The number of aromatic nitrogens is 1. The summed E-state index contributed by atoms with van der Waals surface area (Å²) >= 11 is 5.81. The van der Waals surface area contributed by atoms with Gasteiger partial charge in [-0.05, 0) is 54.6 Å². The molecule has 0 saturated carbocycles. The number of benzene rings is 3. The van der Waals surface area contributed by atoms with Gasteiger partial charge in [-0.1, -0.05) is 60.1 Å². The zero-order valence-corrected chi connectivity index (χ0v) is 19.7. The Labute approximate surface area is 197 Å². The fourth-order valence-corrected chi connectivity index (χ4v) is 5.43. The van der Waals surface area contributed by atoms with E-state index in [1.807, 2.05) is 38.1 Å². The first-order valence-corrected chi connectivity index (χ1v) is 12.1. The van der Waals surface area contributed by atoms with Crippen molar-refractivity contribution in [3.8, 4) is 0 Å². The Hall–Kier alpha value is -3.42. The predicted molar refractivity (Wildman–Crippen MR) is 132 cm³/mol. The van der Waals surface area contributed by atoms with E-state index in [0.29, 0.717) is 21.9 Å². The highest BCUT2D eigenvalue weighted by atomic mass is 35.5. The van der Waals surface area contributed by atoms with Crippen molar-refractivity contribution in [1.82, 2.24) is 4.98 Å². The monoisotopic (exact) mass is 479 g/mol. The number of pyridine rings is 1. The van der Waals surface area contributed by atoms with Crippen molar-refractivity contribution in [2.24, 2.45) is 0 Å². The summed E-state index contributed by atoms with van der Waals surface area (Å²) in [5.41, 5.74) is 2.58. The molecule has 4 rings (SSSR count). The van der Waals surface area contributed by atoms with Crippen LogP contribution in [0.25, 0.3) is 10.8 Å². The van der Waals surface area contributed by atoms with Gasteiger partial charge in [0, 0.05) is 5.39 Å². The second-order valence-electron chi connectivity index (χ2n) is 7.63. The Morgan fingerprint density at radius 2 is 1.70 bits per heavy atom. The second-order valence-corrected chi connectivity index (χ2v) is 9.84. The molecular formula is C25H22ClN3O3S. The smallest absolute Gasteiger partial charge is 0.265 e. The highest BCUT2D eigenvalue weighted by Crippen LogP contribution is 2.32. The summed E-state index contributed by atoms with van der Waals surface area (Å²) in [5, 5.41) is 4.39. The third kappa shape index (κ3) is 4.69. The van der Waals surface area contributed by atoms with Crippen LogP contribution in [0.5, 0.6) is 0 Å². The van der Waals surface area contributed by atoms with E-state index < -0.39 is 22.5 Å². The summed E-state index contributed by atoms with van der Waals surface area (Å²) in [7, 11) is -4.08. The number of rotatable bonds is 6. The summed E-state index contributed by atoms with van der Waals surface area (Å²) in [6.45, 7) is 3.34. The Morgan fingerprint density at radius 1 is 0.970 bits per heavy atom. The van der Waals surface area contributed by atoms with Gasteiger partial charge in [0.2, 0.25) is 5.91 Å². The number of halogens is 1. The maximum absolute atomic E-state index is 14.0. The van der Waals surface area contributed by atoms with Crippen LogP contribution in [-0.2, 0) is 14.8 Å². The van der Waals surface area contributed by atoms with E-state index in [9.17, 15) is 13.2 Å². The number of nitrogens with one attached hydrogen (secondary N) is 1. The van der Waals surface area contributed by atoms with Crippen molar-refractivity contribution in [3.63, 3.8) is 0 Å². The molecule has 0 bridgehead atoms. The average molecular weight is 480 g/mol. The van der Waals surface area contributed by atoms with Crippen LogP contribution in [0.3, 0.4) is 0 Å². The lowest BCUT2D eigenvalue weighted by molar-refractivity contribution is -0.114. The van der Waals surface area contributed by atoms with Crippen LogP contribution in [0.1, 0.15) is 11.1 Å². The maximum atomic E-state index is 14.0. The molecule has 33 heavy (non-hydrogen) atoms. The van der Waals surface area contributed by atoms with Crippen molar-refractivity contribution >= 4 is 49.7 Å². The lowest BCUT2D eigenvalue weighted by atomic mass is 10.1. The van der Waals surface area contributed by atoms with Crippen molar-refractivity contribution in [1.29, 1.82) is 0 Å². The topological polar surface area (TPSA) is 79.4 Å². The van der Waals surface area contributed by atoms with E-state index in [1.54, 1.807) is 48.5 Å². The van der Waals surface area contributed by atoms with E-state index in [4.69, 9.17) is 11.6 Å². The normalized spacial score (nSPS) is 11.4. The minimum absolute atomic E-state index is 0.141. The number of hydrogen-bond donors (Lipinski definition) is 1. The third-order valence-electron chi connectivity index (χ3n) is 5.46. The van der Waals surface area contributed by atoms with Crippen LogP contribution in [-0.4, -0.2) is 25.9 Å². The van der Waals surface area contributed by atoms with E-state index in [1.165, 1.54) is 6.20 Å². The second kappa shape index (κ2) is 9.21. The molecular weight excluding hydrogens is 458 g/mol. The first-order valence-electron chi connectivity index (χ1n) is 10.3. The zero-order valence-electron chi connectivity index (χ0n) is 18.1. The van der Waals surface area contributed by atoms with Gasteiger partial charge in [-0.3, -0.25) is 9.10 Å². The highest BCUT2D eigenvalue weighted by Gasteiger charge is 2.30. The molecule has 4 aromatic rings. The Balaban J connectivity index is 1.79. The number of carbonyl (C=O) groups excluding carboxylic acids is 1. The third-order valence-corrected chi connectivity index (χ3v) is 7.50. The molecule has 0 aliphatic rings. The molecule has 6 nitrogen and oxygen atoms in total. The highest BCUT2D eigenvalue weighted by molar-refractivity contribution is 7.93. The lowest BCUT2D eigenvalue weighted by Gasteiger charge is -2.27. The zero-order chi connectivity index (χ0) is 23.6. The van der Waals surface area contributed by atoms with Crippen molar-refractivity contribution in [2.45, 2.75) is 18.7 Å². The molecule has 0 saturated heterocycles. The molecule has 0 unspecified atom stereocenters. The maximum Gasteiger partial charge on any atom is 0.265 e. The van der Waals surface area contributed by atoms with E-state index >= 15 is 0 Å². The fourth-order valence-electron chi connectivity index (χ4n) is 3.63. The molecule has 1 amide bonds. The van der Waals surface area contributed by atoms with Gasteiger partial charge >= 0.3 is 0 Å². The Morgan fingerprint density at radius 3 is 2.45 bits per heavy atom. The number of aryl methyl sites for hydroxylation is 1. The number of anilines is 2. The molecule has 0 radical (unpaired) electrons. The summed E-state index contributed by atoms with van der Waals surface area (Å²) in [4.78, 5) is 17.0. The Kier molecular flexibility index (Phi) is 6.35. The van der Waals surface area contributed by atoms with Crippen LogP contribution in [0.2, 0.25) is 5.15 Å². The quantitative estimate of drug-likeness (QED) is 0.378. The van der Waals surface area contributed by atoms with E-state index in [-0.39, 0.29) is 4.90 Å². The summed E-state index contributed by atoms with van der Waals surface area (Å²) < 4.78 is 29.1. The number of carbonyl (C=O) groups is 1. The molecule has 0 atom stereocenters. The van der Waals surface area contributed by atoms with Crippen LogP contribution in [0, 0.1) is 13.8 Å². The molecule has 0 fully saturated rings. The molecule has 0 aliphatic heterocycles. The van der Waals surface area contributed by atoms with Crippen LogP contribution in [0.4, 0.5) is 11.4 Å². The van der Waals surface area contributed by atoms with Gasteiger partial charge in [0.15, 0.2) is 0 Å². The molecule has 3 aromatic carbocycles. The first kappa shape index (κ1) is 22.8. The minimum Gasteiger partial charge on any atom is -0.323 e. The van der Waals surface area contributed by atoms with E-state index in [2.05, 4.69) is 10.3 Å². The van der Waals surface area contributed by atoms with Gasteiger partial charge in [0.1, 0.15) is 11.7 Å². The van der Waals surface area contributed by atoms with Gasteiger partial charge in [0.25, 0.3) is 10.0 Å². The number of fused-ring (bicyclic) bond motifs is 1. The van der Waals surface area contributed by atoms with Crippen molar-refractivity contribution in [2.75, 3.05) is 16.2 Å². The lowest BCUT2D eigenvalue weighted by Crippen LogP contribution is -2.38. The molecule has 0 spiro atoms. The van der Waals surface area contributed by atoms with Gasteiger partial charge in [-0.25, -0.2) is 13.4 Å². The number of amides is 1. The van der Waals surface area contributed by atoms with Crippen LogP contribution in [0.15, 0.2) is 83.9 Å². The molecule has 1 N–H and O–H groups in total. The summed E-state index contributed by atoms with van der Waals surface area (Å²) in [6.07, 6.45) is 1.42. The van der Waals surface area contributed by atoms with Crippen LogP contribution >= 0.6 is 11.6 Å². The summed E-state index contributed by atoms with van der Waals surface area (Å²) in [5.74, 6) is -0.496. The first-order chi connectivity index (χ1) is 15.8. The minimum atomic E-state index is -4.08. The van der Waals surface area contributed by atoms with Gasteiger partial charge in [-0.15, -0.1) is 0 Å². The molecule has 0 aliphatic carbocycles. The van der Waals surface area contributed by atoms with Gasteiger partial charge in [-0.2, -0.15) is 0 Å². The predicted octanol–water partition coefficient (Wildman–Crippen LogP) is 5.34. The van der Waals surface area contributed by atoms with E-state index in [0.717, 1.165) is 20.8 Å². The van der Waals surface area contributed by atoms with Crippen molar-refractivity contribution in [3.05, 3.63) is 95.3 Å². The largest absolute Gasteiger partial charge is 0.323 e. The van der Waals surface area contributed by atoms with Crippen LogP contribution < -0.4 is 9.62 Å². The Bertz CT molecular complexity index is 1430. The van der Waals surface area contributed by atoms with Crippen molar-refractivity contribution < 1.29 is 13.2 Å². The standard InChI is InChI=1S/C25H22ClN3O3S/c1-17-7-5-11-22(18(17)2)29(16-25(30)28-20-13-14-24(26)27-15-20)33(31,32)23-12-6-9-19-8-3-4-10-21(19)23/h3-15H,16H2,1-2H3,(H,28,30). The SMILES string of the molecule is Cc1cccc(N(CC(=O)Nc2ccc(Cl)nc2)S(=O)(=O)c2cccc3ccccc23)c1C. The number of sulfonamides is 1. The fraction of sp³-hybridized carbons (Fsp3) is 0.120. The number of nitrogens with zero attached hydrogens (tertiary/aromatic N) is 2. The summed E-state index contributed by atoms with van der Waals surface area (Å²) in [6, 6.07) is 21.0. The molecule has 8 heteroatoms. The molecule has 168 valence electrons.